The van der Waals surface area contributed by atoms with Crippen molar-refractivity contribution in [1.29, 1.82) is 0 Å². The van der Waals surface area contributed by atoms with Gasteiger partial charge in [-0.1, -0.05) is 23.2 Å². The van der Waals surface area contributed by atoms with Gasteiger partial charge in [0.25, 0.3) is 0 Å². The minimum absolute atomic E-state index is 0.0837. The molecule has 8 nitrogen and oxygen atoms in total. The molecular formula is C20H22Cl2N2O6S. The van der Waals surface area contributed by atoms with Gasteiger partial charge in [0, 0.05) is 10.7 Å². The highest BCUT2D eigenvalue weighted by molar-refractivity contribution is 7.92. The van der Waals surface area contributed by atoms with Gasteiger partial charge in [-0.05, 0) is 50.2 Å². The molecule has 168 valence electrons. The number of amides is 1. The Bertz CT molecular complexity index is 1090. The fourth-order valence-electron chi connectivity index (χ4n) is 2.83. The first-order valence-corrected chi connectivity index (χ1v) is 11.7. The summed E-state index contributed by atoms with van der Waals surface area (Å²) in [5.74, 6) is -0.987. The number of methoxy groups -OCH3 is 1. The number of carbonyl (C=O) groups is 2. The maximum atomic E-state index is 12.9. The van der Waals surface area contributed by atoms with Crippen molar-refractivity contribution in [2.45, 2.75) is 19.9 Å². The van der Waals surface area contributed by atoms with Crippen LogP contribution in [-0.2, 0) is 19.6 Å². The van der Waals surface area contributed by atoms with Gasteiger partial charge < -0.3 is 14.8 Å². The summed E-state index contributed by atoms with van der Waals surface area (Å²) in [6, 6.07) is 7.55. The number of benzene rings is 2. The van der Waals surface area contributed by atoms with Crippen molar-refractivity contribution in [3.63, 3.8) is 0 Å². The Morgan fingerprint density at radius 2 is 1.84 bits per heavy atom. The first kappa shape index (κ1) is 24.8. The summed E-state index contributed by atoms with van der Waals surface area (Å²) in [6.45, 7) is 3.29. The van der Waals surface area contributed by atoms with Crippen LogP contribution in [0.4, 0.5) is 11.4 Å². The lowest BCUT2D eigenvalue weighted by Gasteiger charge is -2.29. The second-order valence-corrected chi connectivity index (χ2v) is 9.16. The van der Waals surface area contributed by atoms with Gasteiger partial charge in [0.15, 0.2) is 0 Å². The summed E-state index contributed by atoms with van der Waals surface area (Å²) >= 11 is 12.2. The number of esters is 1. The molecular weight excluding hydrogens is 467 g/mol. The van der Waals surface area contributed by atoms with Gasteiger partial charge in [-0.15, -0.1) is 0 Å². The van der Waals surface area contributed by atoms with Crippen LogP contribution in [0.15, 0.2) is 36.4 Å². The van der Waals surface area contributed by atoms with E-state index in [4.69, 9.17) is 32.7 Å². The largest absolute Gasteiger partial charge is 0.495 e. The molecule has 0 aliphatic rings. The van der Waals surface area contributed by atoms with Crippen molar-refractivity contribution in [2.75, 3.05) is 29.6 Å². The van der Waals surface area contributed by atoms with E-state index in [2.05, 4.69) is 5.32 Å². The number of nitrogens with one attached hydrogen (secondary N) is 1. The van der Waals surface area contributed by atoms with E-state index < -0.39 is 27.9 Å². The number of sulfonamides is 1. The number of nitrogens with zero attached hydrogens (tertiary/aromatic N) is 1. The van der Waals surface area contributed by atoms with Crippen molar-refractivity contribution in [3.05, 3.63) is 52.0 Å². The molecule has 0 aromatic heterocycles. The molecule has 0 aliphatic carbocycles. The molecule has 31 heavy (non-hydrogen) atoms. The molecule has 2 rings (SSSR count). The second-order valence-electron chi connectivity index (χ2n) is 6.46. The Labute approximate surface area is 191 Å². The molecule has 0 aliphatic heterocycles. The minimum Gasteiger partial charge on any atom is -0.495 e. The third kappa shape index (κ3) is 6.03. The fourth-order valence-corrected chi connectivity index (χ4v) is 4.42. The predicted molar refractivity (Wildman–Crippen MR) is 121 cm³/mol. The molecule has 1 N–H and O–H groups in total. The van der Waals surface area contributed by atoms with Crippen LogP contribution in [0.5, 0.6) is 5.75 Å². The van der Waals surface area contributed by atoms with E-state index in [0.29, 0.717) is 0 Å². The maximum Gasteiger partial charge on any atom is 0.339 e. The minimum atomic E-state index is -3.89. The lowest BCUT2D eigenvalue weighted by molar-refractivity contribution is -0.116. The molecule has 2 aromatic carbocycles. The van der Waals surface area contributed by atoms with Crippen molar-refractivity contribution < 1.29 is 27.5 Å². The fraction of sp³-hybridized carbons (Fsp3) is 0.300. The SMILES string of the molecule is CCOC(=O)c1ccc(NC(=O)[C@H](C)N(c2cc(Cl)ccc2OC)S(C)(=O)=O)cc1Cl. The Morgan fingerprint density at radius 1 is 1.16 bits per heavy atom. The summed E-state index contributed by atoms with van der Waals surface area (Å²) < 4.78 is 36.1. The Morgan fingerprint density at radius 3 is 2.39 bits per heavy atom. The standard InChI is InChI=1S/C20H22Cl2N2O6S/c1-5-30-20(26)15-8-7-14(11-16(15)22)23-19(25)12(2)24(31(4,27)28)17-10-13(21)6-9-18(17)29-3/h6-12H,5H2,1-4H3,(H,23,25)/t12-/m0/s1. The Balaban J connectivity index is 2.34. The monoisotopic (exact) mass is 488 g/mol. The predicted octanol–water partition coefficient (Wildman–Crippen LogP) is 3.97. The summed E-state index contributed by atoms with van der Waals surface area (Å²) in [6.07, 6.45) is 0.974. The van der Waals surface area contributed by atoms with Crippen molar-refractivity contribution in [3.8, 4) is 5.75 Å². The normalized spacial score (nSPS) is 12.1. The number of hydrogen-bond donors (Lipinski definition) is 1. The molecule has 11 heteroatoms. The van der Waals surface area contributed by atoms with E-state index in [9.17, 15) is 18.0 Å². The second kappa shape index (κ2) is 10.2. The van der Waals surface area contributed by atoms with Crippen LogP contribution in [0.1, 0.15) is 24.2 Å². The molecule has 0 saturated heterocycles. The van der Waals surface area contributed by atoms with Gasteiger partial charge in [0.1, 0.15) is 11.8 Å². The molecule has 2 aromatic rings. The van der Waals surface area contributed by atoms with Crippen LogP contribution in [0.25, 0.3) is 0 Å². The lowest BCUT2D eigenvalue weighted by Crippen LogP contribution is -2.45. The summed E-state index contributed by atoms with van der Waals surface area (Å²) in [5.41, 5.74) is 0.549. The number of rotatable bonds is 8. The lowest BCUT2D eigenvalue weighted by atomic mass is 10.2. The number of carbonyl (C=O) groups excluding carboxylic acids is 2. The first-order valence-electron chi connectivity index (χ1n) is 9.10. The molecule has 0 unspecified atom stereocenters. The summed E-state index contributed by atoms with van der Waals surface area (Å²) in [4.78, 5) is 24.7. The maximum absolute atomic E-state index is 12.9. The van der Waals surface area contributed by atoms with Crippen LogP contribution < -0.4 is 14.4 Å². The van der Waals surface area contributed by atoms with Crippen molar-refractivity contribution in [2.24, 2.45) is 0 Å². The van der Waals surface area contributed by atoms with E-state index in [0.717, 1.165) is 10.6 Å². The molecule has 1 amide bonds. The van der Waals surface area contributed by atoms with Gasteiger partial charge in [-0.3, -0.25) is 9.10 Å². The highest BCUT2D eigenvalue weighted by Crippen LogP contribution is 2.34. The van der Waals surface area contributed by atoms with Crippen LogP contribution in [0.3, 0.4) is 0 Å². The van der Waals surface area contributed by atoms with Gasteiger partial charge >= 0.3 is 5.97 Å². The summed E-state index contributed by atoms with van der Waals surface area (Å²) in [5, 5.41) is 2.96. The smallest absolute Gasteiger partial charge is 0.339 e. The zero-order valence-electron chi connectivity index (χ0n) is 17.3. The first-order chi connectivity index (χ1) is 14.5. The molecule has 0 fully saturated rings. The molecule has 0 saturated carbocycles. The van der Waals surface area contributed by atoms with Crippen molar-refractivity contribution >= 4 is 56.5 Å². The number of halogens is 2. The third-order valence-corrected chi connectivity index (χ3v) is 5.97. The van der Waals surface area contributed by atoms with Gasteiger partial charge in [-0.2, -0.15) is 0 Å². The van der Waals surface area contributed by atoms with E-state index in [1.807, 2.05) is 0 Å². The average Bonchev–Trinajstić information content (AvgIpc) is 2.67. The van der Waals surface area contributed by atoms with E-state index >= 15 is 0 Å². The molecule has 0 bridgehead atoms. The van der Waals surface area contributed by atoms with Crippen LogP contribution in [0, 0.1) is 0 Å². The van der Waals surface area contributed by atoms with Gasteiger partial charge in [-0.25, -0.2) is 13.2 Å². The topological polar surface area (TPSA) is 102 Å². The molecule has 0 heterocycles. The third-order valence-electron chi connectivity index (χ3n) is 4.20. The quantitative estimate of drug-likeness (QED) is 0.563. The van der Waals surface area contributed by atoms with E-state index in [1.54, 1.807) is 13.0 Å². The highest BCUT2D eigenvalue weighted by Gasteiger charge is 2.31. The van der Waals surface area contributed by atoms with Gasteiger partial charge in [0.2, 0.25) is 15.9 Å². The molecule has 1 atom stereocenters. The molecule has 0 radical (unpaired) electrons. The van der Waals surface area contributed by atoms with Crippen LogP contribution in [0.2, 0.25) is 10.0 Å². The average molecular weight is 489 g/mol. The Hall–Kier alpha value is -2.49. The van der Waals surface area contributed by atoms with Gasteiger partial charge in [0.05, 0.1) is 36.2 Å². The van der Waals surface area contributed by atoms with Crippen LogP contribution in [-0.4, -0.2) is 46.3 Å². The zero-order valence-corrected chi connectivity index (χ0v) is 19.6. The number of hydrogen-bond acceptors (Lipinski definition) is 6. The zero-order chi connectivity index (χ0) is 23.3. The van der Waals surface area contributed by atoms with Crippen LogP contribution >= 0.6 is 23.2 Å². The highest BCUT2D eigenvalue weighted by atomic mass is 35.5. The number of anilines is 2. The van der Waals surface area contributed by atoms with E-state index in [1.165, 1.54) is 44.4 Å². The summed E-state index contributed by atoms with van der Waals surface area (Å²) in [7, 11) is -2.51. The van der Waals surface area contributed by atoms with Crippen molar-refractivity contribution in [1.82, 2.24) is 0 Å². The molecule has 0 spiro atoms. The van der Waals surface area contributed by atoms with E-state index in [-0.39, 0.29) is 39.3 Å². The Kier molecular flexibility index (Phi) is 8.16. The number of ether oxygens (including phenoxy) is 2.